The third-order valence-electron chi connectivity index (χ3n) is 5.16. The maximum atomic E-state index is 13.3. The number of benzene rings is 1. The molecule has 0 spiro atoms. The van der Waals surface area contributed by atoms with Gasteiger partial charge in [-0.05, 0) is 31.0 Å². The van der Waals surface area contributed by atoms with E-state index < -0.39 is 0 Å². The van der Waals surface area contributed by atoms with Gasteiger partial charge in [0, 0.05) is 50.7 Å². The van der Waals surface area contributed by atoms with Crippen molar-refractivity contribution in [1.82, 2.24) is 19.9 Å². The maximum Gasteiger partial charge on any atom is 0.256 e. The number of nitrogens with zero attached hydrogens (tertiary/aromatic N) is 4. The number of carbonyl (C=O) groups excluding carboxylic acids is 1. The number of aromatic nitrogens is 2. The number of hydrogen-bond acceptors (Lipinski definition) is 6. The first-order valence-electron chi connectivity index (χ1n) is 10.2. The van der Waals surface area contributed by atoms with Crippen molar-refractivity contribution in [1.29, 1.82) is 0 Å². The SMILES string of the molecule is Cc1cc(CSc2ncccc2C(=O)N2CCCN(Cc3ccccc3)CC2)no1. The van der Waals surface area contributed by atoms with Gasteiger partial charge >= 0.3 is 0 Å². The van der Waals surface area contributed by atoms with Gasteiger partial charge in [0.2, 0.25) is 0 Å². The largest absolute Gasteiger partial charge is 0.361 e. The Bertz CT molecular complexity index is 976. The zero-order chi connectivity index (χ0) is 20.8. The number of rotatable bonds is 6. The lowest BCUT2D eigenvalue weighted by atomic mass is 10.2. The van der Waals surface area contributed by atoms with Crippen LogP contribution < -0.4 is 0 Å². The number of thioether (sulfide) groups is 1. The summed E-state index contributed by atoms with van der Waals surface area (Å²) < 4.78 is 5.13. The molecule has 0 N–H and O–H groups in total. The molecule has 156 valence electrons. The summed E-state index contributed by atoms with van der Waals surface area (Å²) in [7, 11) is 0. The molecule has 3 aromatic rings. The molecular weight excluding hydrogens is 396 g/mol. The Morgan fingerprint density at radius 3 is 2.77 bits per heavy atom. The van der Waals surface area contributed by atoms with Gasteiger partial charge in [-0.15, -0.1) is 0 Å². The van der Waals surface area contributed by atoms with E-state index in [4.69, 9.17) is 4.52 Å². The average molecular weight is 423 g/mol. The monoisotopic (exact) mass is 422 g/mol. The molecule has 0 saturated carbocycles. The van der Waals surface area contributed by atoms with E-state index in [0.29, 0.717) is 11.3 Å². The Hall–Kier alpha value is -2.64. The van der Waals surface area contributed by atoms with Crippen LogP contribution in [-0.2, 0) is 12.3 Å². The Morgan fingerprint density at radius 2 is 1.97 bits per heavy atom. The molecule has 0 atom stereocenters. The van der Waals surface area contributed by atoms with E-state index in [1.807, 2.05) is 36.1 Å². The lowest BCUT2D eigenvalue weighted by molar-refractivity contribution is 0.0757. The molecule has 1 aliphatic rings. The van der Waals surface area contributed by atoms with Crippen LogP contribution in [0.5, 0.6) is 0 Å². The quantitative estimate of drug-likeness (QED) is 0.559. The van der Waals surface area contributed by atoms with Gasteiger partial charge in [-0.25, -0.2) is 4.98 Å². The van der Waals surface area contributed by atoms with E-state index in [1.165, 1.54) is 17.3 Å². The van der Waals surface area contributed by atoms with E-state index >= 15 is 0 Å². The second-order valence-electron chi connectivity index (χ2n) is 7.48. The van der Waals surface area contributed by atoms with Crippen molar-refractivity contribution in [3.8, 4) is 0 Å². The van der Waals surface area contributed by atoms with Gasteiger partial charge in [0.1, 0.15) is 10.8 Å². The zero-order valence-corrected chi connectivity index (χ0v) is 18.0. The first-order valence-corrected chi connectivity index (χ1v) is 11.2. The van der Waals surface area contributed by atoms with Crippen molar-refractivity contribution in [3.63, 3.8) is 0 Å². The van der Waals surface area contributed by atoms with Crippen LogP contribution in [0, 0.1) is 6.92 Å². The number of aryl methyl sites for hydroxylation is 1. The lowest BCUT2D eigenvalue weighted by Gasteiger charge is -2.22. The van der Waals surface area contributed by atoms with Crippen molar-refractivity contribution >= 4 is 17.7 Å². The molecular formula is C23H26N4O2S. The maximum absolute atomic E-state index is 13.3. The van der Waals surface area contributed by atoms with E-state index in [-0.39, 0.29) is 5.91 Å². The van der Waals surface area contributed by atoms with Crippen LogP contribution in [0.4, 0.5) is 0 Å². The highest BCUT2D eigenvalue weighted by Gasteiger charge is 2.23. The smallest absolute Gasteiger partial charge is 0.256 e. The molecule has 4 rings (SSSR count). The summed E-state index contributed by atoms with van der Waals surface area (Å²) in [4.78, 5) is 22.1. The fraction of sp³-hybridized carbons (Fsp3) is 0.348. The molecule has 3 heterocycles. The molecule has 0 radical (unpaired) electrons. The molecule has 1 saturated heterocycles. The number of hydrogen-bond donors (Lipinski definition) is 0. The molecule has 2 aromatic heterocycles. The highest BCUT2D eigenvalue weighted by atomic mass is 32.2. The third kappa shape index (κ3) is 5.29. The van der Waals surface area contributed by atoms with Crippen molar-refractivity contribution in [3.05, 3.63) is 77.3 Å². The van der Waals surface area contributed by atoms with Gasteiger partial charge in [0.05, 0.1) is 11.3 Å². The second kappa shape index (κ2) is 9.91. The summed E-state index contributed by atoms with van der Waals surface area (Å²) in [5.41, 5.74) is 2.83. The van der Waals surface area contributed by atoms with E-state index in [1.54, 1.807) is 6.20 Å². The first-order chi connectivity index (χ1) is 14.7. The van der Waals surface area contributed by atoms with Crippen LogP contribution in [0.25, 0.3) is 0 Å². The summed E-state index contributed by atoms with van der Waals surface area (Å²) in [5, 5.41) is 4.77. The molecule has 1 aromatic carbocycles. The molecule has 7 heteroatoms. The van der Waals surface area contributed by atoms with Gasteiger partial charge in [-0.2, -0.15) is 0 Å². The minimum atomic E-state index is 0.0588. The van der Waals surface area contributed by atoms with E-state index in [2.05, 4.69) is 39.3 Å². The molecule has 0 bridgehead atoms. The summed E-state index contributed by atoms with van der Waals surface area (Å²) >= 11 is 1.52. The van der Waals surface area contributed by atoms with Crippen LogP contribution in [0.15, 0.2) is 64.3 Å². The normalized spacial score (nSPS) is 15.2. The van der Waals surface area contributed by atoms with Gasteiger partial charge in [0.25, 0.3) is 5.91 Å². The van der Waals surface area contributed by atoms with E-state index in [0.717, 1.165) is 55.6 Å². The average Bonchev–Trinajstić information content (AvgIpc) is 3.05. The Labute approximate surface area is 181 Å². The molecule has 30 heavy (non-hydrogen) atoms. The fourth-order valence-corrected chi connectivity index (χ4v) is 4.51. The minimum Gasteiger partial charge on any atom is -0.361 e. The molecule has 6 nitrogen and oxygen atoms in total. The predicted octanol–water partition coefficient (Wildman–Crippen LogP) is 4.02. The topological polar surface area (TPSA) is 62.5 Å². The second-order valence-corrected chi connectivity index (χ2v) is 8.45. The Kier molecular flexibility index (Phi) is 6.81. The number of amides is 1. The minimum absolute atomic E-state index is 0.0588. The summed E-state index contributed by atoms with van der Waals surface area (Å²) in [6, 6.07) is 16.1. The molecule has 1 fully saturated rings. The van der Waals surface area contributed by atoms with Crippen molar-refractivity contribution in [2.45, 2.75) is 30.7 Å². The zero-order valence-electron chi connectivity index (χ0n) is 17.2. The molecule has 1 aliphatic heterocycles. The molecule has 0 unspecified atom stereocenters. The number of pyridine rings is 1. The highest BCUT2D eigenvalue weighted by molar-refractivity contribution is 7.98. The number of carbonyl (C=O) groups is 1. The van der Waals surface area contributed by atoms with Crippen molar-refractivity contribution in [2.24, 2.45) is 0 Å². The van der Waals surface area contributed by atoms with Crippen LogP contribution in [0.1, 0.15) is 33.8 Å². The van der Waals surface area contributed by atoms with E-state index in [9.17, 15) is 4.79 Å². The van der Waals surface area contributed by atoms with Crippen LogP contribution in [0.2, 0.25) is 0 Å². The van der Waals surface area contributed by atoms with Gasteiger partial charge in [0.15, 0.2) is 0 Å². The van der Waals surface area contributed by atoms with Crippen LogP contribution in [-0.4, -0.2) is 52.0 Å². The fourth-order valence-electron chi connectivity index (χ4n) is 3.64. The lowest BCUT2D eigenvalue weighted by Crippen LogP contribution is -2.35. The summed E-state index contributed by atoms with van der Waals surface area (Å²) in [5.74, 6) is 1.47. The van der Waals surface area contributed by atoms with Gasteiger partial charge in [-0.3, -0.25) is 9.69 Å². The van der Waals surface area contributed by atoms with Crippen molar-refractivity contribution < 1.29 is 9.32 Å². The Morgan fingerprint density at radius 1 is 1.10 bits per heavy atom. The van der Waals surface area contributed by atoms with Gasteiger partial charge in [-0.1, -0.05) is 47.3 Å². The van der Waals surface area contributed by atoms with Crippen LogP contribution >= 0.6 is 11.8 Å². The van der Waals surface area contributed by atoms with Crippen molar-refractivity contribution in [2.75, 3.05) is 26.2 Å². The predicted molar refractivity (Wildman–Crippen MR) is 117 cm³/mol. The Balaban J connectivity index is 1.39. The van der Waals surface area contributed by atoms with Crippen LogP contribution in [0.3, 0.4) is 0 Å². The summed E-state index contributed by atoms with van der Waals surface area (Å²) in [6.45, 7) is 6.17. The summed E-state index contributed by atoms with van der Waals surface area (Å²) in [6.07, 6.45) is 2.71. The highest BCUT2D eigenvalue weighted by Crippen LogP contribution is 2.25. The molecule has 0 aliphatic carbocycles. The molecule has 1 amide bonds. The van der Waals surface area contributed by atoms with Gasteiger partial charge < -0.3 is 9.42 Å². The third-order valence-corrected chi connectivity index (χ3v) is 6.20. The first kappa shape index (κ1) is 20.6. The standard InChI is InChI=1S/C23H26N4O2S/c1-18-15-20(25-29-18)17-30-22-21(9-5-10-24-22)23(28)27-12-6-11-26(13-14-27)16-19-7-3-2-4-8-19/h2-5,7-10,15H,6,11-14,16-17H2,1H3.